The molecule has 0 saturated carbocycles. The lowest BCUT2D eigenvalue weighted by Crippen LogP contribution is -2.38. The third-order valence-corrected chi connectivity index (χ3v) is 4.85. The second-order valence-corrected chi connectivity index (χ2v) is 6.54. The van der Waals surface area contributed by atoms with Crippen molar-refractivity contribution in [2.24, 2.45) is 5.92 Å². The van der Waals surface area contributed by atoms with E-state index in [0.29, 0.717) is 16.5 Å². The first-order valence-electron chi connectivity index (χ1n) is 8.50. The molecule has 0 unspecified atom stereocenters. The predicted octanol–water partition coefficient (Wildman–Crippen LogP) is 3.61. The van der Waals surface area contributed by atoms with Gasteiger partial charge in [0.25, 0.3) is 0 Å². The fourth-order valence-electron chi connectivity index (χ4n) is 3.12. The van der Waals surface area contributed by atoms with E-state index in [0.717, 1.165) is 37.5 Å². The zero-order chi connectivity index (χ0) is 18.5. The summed E-state index contributed by atoms with van der Waals surface area (Å²) in [5, 5.41) is 3.42. The molecular weight excluding hydrogens is 354 g/mol. The Morgan fingerprint density at radius 1 is 1.19 bits per heavy atom. The van der Waals surface area contributed by atoms with E-state index in [9.17, 15) is 4.79 Å². The lowest BCUT2D eigenvalue weighted by Gasteiger charge is -2.32. The molecule has 0 radical (unpaired) electrons. The molecule has 1 aromatic carbocycles. The van der Waals surface area contributed by atoms with Crippen molar-refractivity contribution in [1.82, 2.24) is 4.98 Å². The number of carbonyl (C=O) groups is 1. The van der Waals surface area contributed by atoms with Crippen molar-refractivity contribution in [1.29, 1.82) is 0 Å². The molecular formula is C19H22ClN3O3. The van der Waals surface area contributed by atoms with Gasteiger partial charge >= 0.3 is 0 Å². The van der Waals surface area contributed by atoms with E-state index in [4.69, 9.17) is 21.1 Å². The van der Waals surface area contributed by atoms with Crippen molar-refractivity contribution in [3.63, 3.8) is 0 Å². The number of benzene rings is 1. The van der Waals surface area contributed by atoms with Crippen LogP contribution in [0.25, 0.3) is 0 Å². The number of halogens is 1. The molecule has 26 heavy (non-hydrogen) atoms. The summed E-state index contributed by atoms with van der Waals surface area (Å²) in [7, 11) is 3.20. The molecule has 1 amide bonds. The molecule has 138 valence electrons. The second-order valence-electron chi connectivity index (χ2n) is 6.13. The Morgan fingerprint density at radius 2 is 1.92 bits per heavy atom. The maximum Gasteiger partial charge on any atom is 0.227 e. The van der Waals surface area contributed by atoms with Gasteiger partial charge < -0.3 is 19.7 Å². The topological polar surface area (TPSA) is 63.7 Å². The third-order valence-electron chi connectivity index (χ3n) is 4.56. The highest BCUT2D eigenvalue weighted by Gasteiger charge is 2.27. The van der Waals surface area contributed by atoms with Gasteiger partial charge in [-0.25, -0.2) is 4.98 Å². The number of ether oxygens (including phenoxy) is 2. The number of aromatic nitrogens is 1. The molecule has 0 bridgehead atoms. The molecule has 0 atom stereocenters. The van der Waals surface area contributed by atoms with Crippen LogP contribution in [0.1, 0.15) is 12.8 Å². The lowest BCUT2D eigenvalue weighted by atomic mass is 9.95. The van der Waals surface area contributed by atoms with Crippen molar-refractivity contribution in [3.05, 3.63) is 41.6 Å². The average Bonchev–Trinajstić information content (AvgIpc) is 2.68. The Morgan fingerprint density at radius 3 is 2.58 bits per heavy atom. The quantitative estimate of drug-likeness (QED) is 0.864. The van der Waals surface area contributed by atoms with E-state index >= 15 is 0 Å². The molecule has 0 spiro atoms. The molecule has 1 fully saturated rings. The normalized spacial score (nSPS) is 14.8. The Hall–Kier alpha value is -2.47. The zero-order valence-corrected chi connectivity index (χ0v) is 15.6. The number of hydrogen-bond acceptors (Lipinski definition) is 5. The summed E-state index contributed by atoms with van der Waals surface area (Å²) in [4.78, 5) is 19.1. The van der Waals surface area contributed by atoms with Crippen molar-refractivity contribution in [2.75, 3.05) is 37.5 Å². The number of methoxy groups -OCH3 is 2. The summed E-state index contributed by atoms with van der Waals surface area (Å²) in [6, 6.07) is 8.98. The molecule has 1 N–H and O–H groups in total. The summed E-state index contributed by atoms with van der Waals surface area (Å²) >= 11 is 6.11. The van der Waals surface area contributed by atoms with E-state index in [1.807, 2.05) is 12.1 Å². The minimum absolute atomic E-state index is 0.0128. The minimum atomic E-state index is -0.0400. The summed E-state index contributed by atoms with van der Waals surface area (Å²) in [5.41, 5.74) is 0.676. The SMILES string of the molecule is COc1ccc(NC(=O)C2CCN(c3ncccc3OC)CC2)cc1Cl. The number of carbonyl (C=O) groups excluding carboxylic acids is 1. The van der Waals surface area contributed by atoms with Crippen LogP contribution in [-0.2, 0) is 4.79 Å². The average molecular weight is 376 g/mol. The molecule has 2 heterocycles. The highest BCUT2D eigenvalue weighted by molar-refractivity contribution is 6.32. The number of amides is 1. The highest BCUT2D eigenvalue weighted by atomic mass is 35.5. The summed E-state index contributed by atoms with van der Waals surface area (Å²) < 4.78 is 10.5. The molecule has 7 heteroatoms. The number of piperidine rings is 1. The first-order chi connectivity index (χ1) is 12.6. The molecule has 1 aliphatic rings. The number of nitrogens with one attached hydrogen (secondary N) is 1. The molecule has 3 rings (SSSR count). The fourth-order valence-corrected chi connectivity index (χ4v) is 3.38. The van der Waals surface area contributed by atoms with Gasteiger partial charge in [0.15, 0.2) is 11.6 Å². The first-order valence-corrected chi connectivity index (χ1v) is 8.88. The van der Waals surface area contributed by atoms with Crippen molar-refractivity contribution < 1.29 is 14.3 Å². The molecule has 1 saturated heterocycles. The van der Waals surface area contributed by atoms with Gasteiger partial charge in [0, 0.05) is 30.9 Å². The molecule has 1 aliphatic heterocycles. The van der Waals surface area contributed by atoms with E-state index < -0.39 is 0 Å². The highest BCUT2D eigenvalue weighted by Crippen LogP contribution is 2.30. The number of nitrogens with zero attached hydrogens (tertiary/aromatic N) is 2. The second kappa shape index (κ2) is 8.27. The van der Waals surface area contributed by atoms with Gasteiger partial charge in [0.05, 0.1) is 19.2 Å². The van der Waals surface area contributed by atoms with E-state index in [-0.39, 0.29) is 11.8 Å². The van der Waals surface area contributed by atoms with E-state index in [1.54, 1.807) is 38.6 Å². The van der Waals surface area contributed by atoms with E-state index in [2.05, 4.69) is 15.2 Å². The van der Waals surface area contributed by atoms with Crippen LogP contribution in [-0.4, -0.2) is 38.2 Å². The fraction of sp³-hybridized carbons (Fsp3) is 0.368. The van der Waals surface area contributed by atoms with Crippen molar-refractivity contribution in [3.8, 4) is 11.5 Å². The maximum atomic E-state index is 12.6. The Labute approximate surface area is 158 Å². The number of pyridine rings is 1. The van der Waals surface area contributed by atoms with Gasteiger partial charge in [0.1, 0.15) is 5.75 Å². The third kappa shape index (κ3) is 4.02. The molecule has 2 aromatic rings. The van der Waals surface area contributed by atoms with Gasteiger partial charge in [0.2, 0.25) is 5.91 Å². The van der Waals surface area contributed by atoms with Gasteiger partial charge in [-0.2, -0.15) is 0 Å². The predicted molar refractivity (Wildman–Crippen MR) is 102 cm³/mol. The van der Waals surface area contributed by atoms with Crippen LogP contribution < -0.4 is 19.7 Å². The van der Waals surface area contributed by atoms with Crippen LogP contribution in [0.3, 0.4) is 0 Å². The Kier molecular flexibility index (Phi) is 5.83. The summed E-state index contributed by atoms with van der Waals surface area (Å²) in [6.07, 6.45) is 3.27. The Balaban J connectivity index is 1.59. The maximum absolute atomic E-state index is 12.6. The van der Waals surface area contributed by atoms with Crippen LogP contribution in [0, 0.1) is 5.92 Å². The van der Waals surface area contributed by atoms with Crippen LogP contribution in [0.5, 0.6) is 11.5 Å². The largest absolute Gasteiger partial charge is 0.495 e. The molecule has 1 aromatic heterocycles. The van der Waals surface area contributed by atoms with Crippen LogP contribution in [0.2, 0.25) is 5.02 Å². The summed E-state index contributed by atoms with van der Waals surface area (Å²) in [6.45, 7) is 1.52. The number of hydrogen-bond donors (Lipinski definition) is 1. The van der Waals surface area contributed by atoms with Gasteiger partial charge in [-0.3, -0.25) is 4.79 Å². The monoisotopic (exact) mass is 375 g/mol. The zero-order valence-electron chi connectivity index (χ0n) is 14.9. The van der Waals surface area contributed by atoms with Crippen LogP contribution in [0.15, 0.2) is 36.5 Å². The smallest absolute Gasteiger partial charge is 0.227 e. The van der Waals surface area contributed by atoms with Crippen molar-refractivity contribution in [2.45, 2.75) is 12.8 Å². The molecule has 0 aliphatic carbocycles. The van der Waals surface area contributed by atoms with Gasteiger partial charge in [-0.1, -0.05) is 11.6 Å². The number of anilines is 2. The minimum Gasteiger partial charge on any atom is -0.495 e. The van der Waals surface area contributed by atoms with Gasteiger partial charge in [-0.05, 0) is 43.2 Å². The van der Waals surface area contributed by atoms with Crippen LogP contribution in [0.4, 0.5) is 11.5 Å². The first kappa shape index (κ1) is 18.3. The lowest BCUT2D eigenvalue weighted by molar-refractivity contribution is -0.120. The summed E-state index contributed by atoms with van der Waals surface area (Å²) in [5.74, 6) is 2.14. The number of rotatable bonds is 5. The van der Waals surface area contributed by atoms with Crippen molar-refractivity contribution >= 4 is 29.0 Å². The van der Waals surface area contributed by atoms with Gasteiger partial charge in [-0.15, -0.1) is 0 Å². The molecule has 6 nitrogen and oxygen atoms in total. The Bertz CT molecular complexity index is 776. The van der Waals surface area contributed by atoms with Crippen LogP contribution >= 0.6 is 11.6 Å². The standard InChI is InChI=1S/C19H22ClN3O3/c1-25-16-6-5-14(12-15(16)20)22-19(24)13-7-10-23(11-8-13)18-17(26-2)4-3-9-21-18/h3-6,9,12-13H,7-8,10-11H2,1-2H3,(H,22,24). The van der Waals surface area contributed by atoms with E-state index in [1.165, 1.54) is 0 Å².